The molecular formula is C14H17O3P. The maximum absolute atomic E-state index is 12.1. The molecule has 0 aliphatic rings. The Kier molecular flexibility index (Phi) is 5.29. The predicted octanol–water partition coefficient (Wildman–Crippen LogP) is 3.99. The highest BCUT2D eigenvalue weighted by atomic mass is 31.2. The molecule has 0 fully saturated rings. The zero-order chi connectivity index (χ0) is 13.6. The summed E-state index contributed by atoms with van der Waals surface area (Å²) in [4.78, 5) is 9.92. The van der Waals surface area contributed by atoms with Crippen molar-refractivity contribution in [1.29, 1.82) is 0 Å². The summed E-state index contributed by atoms with van der Waals surface area (Å²) >= 11 is 0. The fraction of sp³-hybridized carbons (Fsp3) is 0.143. The summed E-state index contributed by atoms with van der Waals surface area (Å²) in [5.74, 6) is 0. The number of hydrogen-bond acceptors (Lipinski definition) is 2. The van der Waals surface area contributed by atoms with Crippen molar-refractivity contribution in [3.05, 3.63) is 67.8 Å². The average Bonchev–Trinajstić information content (AvgIpc) is 2.38. The molecule has 4 heteroatoms. The largest absolute Gasteiger partial charge is 0.359 e. The molecule has 0 bridgehead atoms. The number of hydrogen-bond donors (Lipinski definition) is 1. The summed E-state index contributed by atoms with van der Waals surface area (Å²) in [6.07, 6.45) is 2.97. The van der Waals surface area contributed by atoms with Gasteiger partial charge in [0.15, 0.2) is 0 Å². The zero-order valence-electron chi connectivity index (χ0n) is 10.2. The topological polar surface area (TPSA) is 46.5 Å². The van der Waals surface area contributed by atoms with Gasteiger partial charge in [-0.1, -0.05) is 49.1 Å². The Bertz CT molecular complexity index is 479. The van der Waals surface area contributed by atoms with E-state index in [1.54, 1.807) is 30.3 Å². The minimum Gasteiger partial charge on any atom is -0.321 e. The quantitative estimate of drug-likeness (QED) is 0.598. The summed E-state index contributed by atoms with van der Waals surface area (Å²) in [6, 6.07) is 8.80. The fourth-order valence-electron chi connectivity index (χ4n) is 1.39. The second-order valence-corrected chi connectivity index (χ2v) is 5.53. The third kappa shape index (κ3) is 3.81. The third-order valence-electron chi connectivity index (χ3n) is 2.39. The lowest BCUT2D eigenvalue weighted by molar-refractivity contribution is 0.222. The molecule has 2 unspecified atom stereocenters. The van der Waals surface area contributed by atoms with Crippen LogP contribution in [0.25, 0.3) is 5.31 Å². The van der Waals surface area contributed by atoms with E-state index in [4.69, 9.17) is 4.52 Å². The Morgan fingerprint density at radius 2 is 2.00 bits per heavy atom. The van der Waals surface area contributed by atoms with Crippen LogP contribution >= 0.6 is 7.60 Å². The van der Waals surface area contributed by atoms with Crippen LogP contribution in [0.3, 0.4) is 0 Å². The highest BCUT2D eigenvalue weighted by Gasteiger charge is 2.27. The average molecular weight is 264 g/mol. The van der Waals surface area contributed by atoms with Crippen LogP contribution in [0.1, 0.15) is 12.0 Å². The van der Waals surface area contributed by atoms with Gasteiger partial charge < -0.3 is 4.89 Å². The van der Waals surface area contributed by atoms with Gasteiger partial charge in [-0.2, -0.15) is 0 Å². The van der Waals surface area contributed by atoms with Gasteiger partial charge in [-0.25, -0.2) is 0 Å². The van der Waals surface area contributed by atoms with Gasteiger partial charge in [-0.3, -0.25) is 9.09 Å². The molecule has 0 radical (unpaired) electrons. The molecule has 1 N–H and O–H groups in total. The molecule has 1 aromatic carbocycles. The molecule has 0 aliphatic heterocycles. The Morgan fingerprint density at radius 1 is 1.39 bits per heavy atom. The van der Waals surface area contributed by atoms with Crippen molar-refractivity contribution in [1.82, 2.24) is 0 Å². The Labute approximate surface area is 108 Å². The maximum atomic E-state index is 12.1. The van der Waals surface area contributed by atoms with Crippen molar-refractivity contribution in [2.24, 2.45) is 0 Å². The van der Waals surface area contributed by atoms with Crippen molar-refractivity contribution in [3.8, 4) is 0 Å². The van der Waals surface area contributed by atoms with E-state index in [2.05, 4.69) is 19.7 Å². The Hall–Kier alpha value is -1.41. The van der Waals surface area contributed by atoms with E-state index in [1.807, 2.05) is 6.07 Å². The smallest absolute Gasteiger partial charge is 0.321 e. The predicted molar refractivity (Wildman–Crippen MR) is 75.2 cm³/mol. The van der Waals surface area contributed by atoms with Crippen LogP contribution < -0.4 is 0 Å². The van der Waals surface area contributed by atoms with Gasteiger partial charge in [0.2, 0.25) is 0 Å². The van der Waals surface area contributed by atoms with E-state index in [9.17, 15) is 9.46 Å². The SMILES string of the molecule is C=CCC(C=C)OP(=O)(O)C(=C)c1ccccc1. The molecule has 18 heavy (non-hydrogen) atoms. The van der Waals surface area contributed by atoms with E-state index in [0.717, 1.165) is 0 Å². The Balaban J connectivity index is 2.86. The normalized spacial score (nSPS) is 15.4. The van der Waals surface area contributed by atoms with Crippen LogP contribution in [0, 0.1) is 0 Å². The first-order valence-corrected chi connectivity index (χ1v) is 7.08. The molecule has 0 saturated carbocycles. The lowest BCUT2D eigenvalue weighted by Crippen LogP contribution is -2.07. The van der Waals surface area contributed by atoms with Crippen LogP contribution in [-0.4, -0.2) is 11.0 Å². The molecule has 3 nitrogen and oxygen atoms in total. The van der Waals surface area contributed by atoms with Gasteiger partial charge in [0.05, 0.1) is 11.4 Å². The summed E-state index contributed by atoms with van der Waals surface area (Å²) in [6.45, 7) is 10.8. The van der Waals surface area contributed by atoms with Crippen LogP contribution in [0.4, 0.5) is 0 Å². The molecule has 2 atom stereocenters. The molecule has 1 rings (SSSR count). The molecule has 0 saturated heterocycles. The zero-order valence-corrected chi connectivity index (χ0v) is 11.1. The molecule has 0 amide bonds. The first-order valence-electron chi connectivity index (χ1n) is 5.51. The second kappa shape index (κ2) is 6.50. The van der Waals surface area contributed by atoms with Crippen LogP contribution in [-0.2, 0) is 9.09 Å². The summed E-state index contributed by atoms with van der Waals surface area (Å²) in [5.41, 5.74) is 0.588. The van der Waals surface area contributed by atoms with E-state index in [1.165, 1.54) is 6.08 Å². The molecule has 0 aliphatic carbocycles. The van der Waals surface area contributed by atoms with Gasteiger partial charge in [-0.05, 0) is 12.0 Å². The minimum absolute atomic E-state index is 0.0824. The van der Waals surface area contributed by atoms with Gasteiger partial charge in [-0.15, -0.1) is 13.2 Å². The summed E-state index contributed by atoms with van der Waals surface area (Å²) < 4.78 is 17.3. The monoisotopic (exact) mass is 264 g/mol. The minimum atomic E-state index is -3.92. The van der Waals surface area contributed by atoms with Crippen molar-refractivity contribution in [2.75, 3.05) is 0 Å². The molecule has 0 aromatic heterocycles. The standard InChI is InChI=1S/C14H17O3P/c1-4-9-14(5-2)17-18(15,16)12(3)13-10-7-6-8-11-13/h4-8,10-11,14H,1-3,9H2,(H,15,16). The molecule has 96 valence electrons. The van der Waals surface area contributed by atoms with E-state index < -0.39 is 13.7 Å². The first-order chi connectivity index (χ1) is 8.51. The van der Waals surface area contributed by atoms with Crippen LogP contribution in [0.5, 0.6) is 0 Å². The van der Waals surface area contributed by atoms with Crippen molar-refractivity contribution in [2.45, 2.75) is 12.5 Å². The molecule has 0 spiro atoms. The third-order valence-corrected chi connectivity index (χ3v) is 3.89. The highest BCUT2D eigenvalue weighted by molar-refractivity contribution is 7.64. The van der Waals surface area contributed by atoms with Gasteiger partial charge in [0.1, 0.15) is 0 Å². The highest BCUT2D eigenvalue weighted by Crippen LogP contribution is 2.56. The molecule has 1 aromatic rings. The Morgan fingerprint density at radius 3 is 2.50 bits per heavy atom. The van der Waals surface area contributed by atoms with Crippen molar-refractivity contribution < 1.29 is 14.0 Å². The number of benzene rings is 1. The van der Waals surface area contributed by atoms with Crippen LogP contribution in [0.2, 0.25) is 0 Å². The first kappa shape index (κ1) is 14.7. The van der Waals surface area contributed by atoms with E-state index in [-0.39, 0.29) is 5.31 Å². The van der Waals surface area contributed by atoms with Gasteiger partial charge >= 0.3 is 7.60 Å². The maximum Gasteiger partial charge on any atom is 0.359 e. The molecule has 0 heterocycles. The summed E-state index contributed by atoms with van der Waals surface area (Å²) in [5, 5.41) is 0.0824. The number of rotatable bonds is 7. The van der Waals surface area contributed by atoms with E-state index in [0.29, 0.717) is 12.0 Å². The molecular weight excluding hydrogens is 247 g/mol. The van der Waals surface area contributed by atoms with Crippen molar-refractivity contribution in [3.63, 3.8) is 0 Å². The summed E-state index contributed by atoms with van der Waals surface area (Å²) in [7, 11) is -3.92. The lowest BCUT2D eigenvalue weighted by Gasteiger charge is -2.19. The lowest BCUT2D eigenvalue weighted by atomic mass is 10.2. The van der Waals surface area contributed by atoms with Crippen LogP contribution in [0.15, 0.2) is 62.2 Å². The fourth-order valence-corrected chi connectivity index (χ4v) is 2.53. The van der Waals surface area contributed by atoms with Gasteiger partial charge in [0.25, 0.3) is 0 Å². The van der Waals surface area contributed by atoms with Gasteiger partial charge in [0, 0.05) is 0 Å². The van der Waals surface area contributed by atoms with E-state index >= 15 is 0 Å². The second-order valence-electron chi connectivity index (χ2n) is 3.74. The van der Waals surface area contributed by atoms with Crippen molar-refractivity contribution >= 4 is 12.9 Å².